The van der Waals surface area contributed by atoms with Crippen LogP contribution >= 0.6 is 0 Å². The smallest absolute Gasteiger partial charge is 0.143 e. The van der Waals surface area contributed by atoms with Gasteiger partial charge >= 0.3 is 0 Å². The van der Waals surface area contributed by atoms with Crippen molar-refractivity contribution < 1.29 is 14.2 Å². The summed E-state index contributed by atoms with van der Waals surface area (Å²) in [6.07, 6.45) is 7.75. The first-order chi connectivity index (χ1) is 17.6. The van der Waals surface area contributed by atoms with E-state index in [9.17, 15) is 0 Å². The van der Waals surface area contributed by atoms with Gasteiger partial charge in [0.05, 0.1) is 19.9 Å². The minimum atomic E-state index is 0.133. The molecule has 0 saturated carbocycles. The largest absolute Gasteiger partial charge is 0.497 e. The second-order valence-corrected chi connectivity index (χ2v) is 9.55. The molecule has 8 nitrogen and oxygen atoms in total. The van der Waals surface area contributed by atoms with Gasteiger partial charge in [-0.2, -0.15) is 0 Å². The lowest BCUT2D eigenvalue weighted by molar-refractivity contribution is -0.133. The molecule has 3 aliphatic rings. The number of anilines is 2. The topological polar surface area (TPSA) is 75.8 Å². The number of hydrogen-bond acceptors (Lipinski definition) is 8. The van der Waals surface area contributed by atoms with Crippen LogP contribution in [0.3, 0.4) is 0 Å². The minimum absolute atomic E-state index is 0.133. The van der Waals surface area contributed by atoms with Crippen molar-refractivity contribution in [2.24, 2.45) is 10.7 Å². The summed E-state index contributed by atoms with van der Waals surface area (Å²) in [4.78, 5) is 7.35. The molecule has 2 N–H and O–H groups in total. The lowest BCUT2D eigenvalue weighted by Crippen LogP contribution is -2.43. The fourth-order valence-corrected chi connectivity index (χ4v) is 5.24. The number of hydrogen-bond donors (Lipinski definition) is 1. The number of hydrazine groups is 1. The molecule has 0 radical (unpaired) electrons. The summed E-state index contributed by atoms with van der Waals surface area (Å²) in [5.41, 5.74) is 12.8. The zero-order chi connectivity index (χ0) is 25.1. The molecule has 0 aromatic heterocycles. The molecule has 1 unspecified atom stereocenters. The van der Waals surface area contributed by atoms with E-state index in [4.69, 9.17) is 24.9 Å². The van der Waals surface area contributed by atoms with Crippen molar-refractivity contribution in [1.82, 2.24) is 10.0 Å². The van der Waals surface area contributed by atoms with Gasteiger partial charge < -0.3 is 24.8 Å². The van der Waals surface area contributed by atoms with E-state index in [0.717, 1.165) is 67.4 Å². The Morgan fingerprint density at radius 2 is 1.86 bits per heavy atom. The van der Waals surface area contributed by atoms with Gasteiger partial charge in [0.15, 0.2) is 0 Å². The van der Waals surface area contributed by atoms with Gasteiger partial charge in [0.25, 0.3) is 0 Å². The number of aryl methyl sites for hydroxylation is 1. The molecule has 2 aromatic carbocycles. The first-order valence-corrected chi connectivity index (χ1v) is 12.8. The van der Waals surface area contributed by atoms with Crippen LogP contribution in [0.15, 0.2) is 53.2 Å². The van der Waals surface area contributed by atoms with Crippen molar-refractivity contribution in [3.63, 3.8) is 0 Å². The molecule has 0 spiro atoms. The highest BCUT2D eigenvalue weighted by molar-refractivity contribution is 6.03. The lowest BCUT2D eigenvalue weighted by atomic mass is 9.97. The maximum atomic E-state index is 6.03. The van der Waals surface area contributed by atoms with Gasteiger partial charge in [-0.15, -0.1) is 0 Å². The third-order valence-electron chi connectivity index (χ3n) is 7.17. The number of likely N-dealkylation sites (N-methyl/N-ethyl adjacent to an activating group) is 1. The van der Waals surface area contributed by atoms with E-state index < -0.39 is 0 Å². The normalized spacial score (nSPS) is 20.0. The lowest BCUT2D eigenvalue weighted by Gasteiger charge is -2.35. The van der Waals surface area contributed by atoms with Crippen LogP contribution in [0.5, 0.6) is 11.5 Å². The van der Waals surface area contributed by atoms with Crippen molar-refractivity contribution in [3.8, 4) is 11.5 Å². The van der Waals surface area contributed by atoms with Crippen LogP contribution in [0.1, 0.15) is 31.2 Å². The number of aliphatic imine (C=N–C) groups is 1. The van der Waals surface area contributed by atoms with Gasteiger partial charge in [-0.3, -0.25) is 10.0 Å². The van der Waals surface area contributed by atoms with Crippen LogP contribution in [-0.2, 0) is 11.2 Å². The van der Waals surface area contributed by atoms with Crippen molar-refractivity contribution in [2.75, 3.05) is 52.4 Å². The summed E-state index contributed by atoms with van der Waals surface area (Å²) in [6.45, 7) is 2.88. The van der Waals surface area contributed by atoms with Crippen LogP contribution in [0.2, 0.25) is 0 Å². The third kappa shape index (κ3) is 5.07. The number of fused-ring (bicyclic) bond motifs is 1. The number of methoxy groups -OCH3 is 2. The Bertz CT molecular complexity index is 1120. The van der Waals surface area contributed by atoms with Crippen LogP contribution in [0.4, 0.5) is 17.1 Å². The first kappa shape index (κ1) is 24.6. The predicted octanol–water partition coefficient (Wildman–Crippen LogP) is 4.39. The van der Waals surface area contributed by atoms with E-state index in [1.54, 1.807) is 14.2 Å². The van der Waals surface area contributed by atoms with Gasteiger partial charge in [-0.25, -0.2) is 5.01 Å². The minimum Gasteiger partial charge on any atom is -0.497 e. The average Bonchev–Trinajstić information content (AvgIpc) is 3.32. The molecule has 0 bridgehead atoms. The van der Waals surface area contributed by atoms with Gasteiger partial charge in [0.2, 0.25) is 0 Å². The SMILES string of the molecule is COc1cc(OC)cc(N(CCN)c2ccc3c(c2)N=C(C2=CN(C4CCCCO4)N(C)C2)CC3)c1. The number of ether oxygens (including phenoxy) is 3. The summed E-state index contributed by atoms with van der Waals surface area (Å²) in [5, 5.41) is 4.50. The fourth-order valence-electron chi connectivity index (χ4n) is 5.24. The Morgan fingerprint density at radius 3 is 2.56 bits per heavy atom. The average molecular weight is 492 g/mol. The zero-order valence-electron chi connectivity index (χ0n) is 21.6. The van der Waals surface area contributed by atoms with Crippen LogP contribution in [-0.4, -0.2) is 69.5 Å². The van der Waals surface area contributed by atoms with Crippen molar-refractivity contribution in [1.29, 1.82) is 0 Å². The Balaban J connectivity index is 1.44. The summed E-state index contributed by atoms with van der Waals surface area (Å²) in [5.74, 6) is 1.49. The summed E-state index contributed by atoms with van der Waals surface area (Å²) in [7, 11) is 5.46. The van der Waals surface area contributed by atoms with E-state index in [2.05, 4.69) is 46.4 Å². The molecule has 36 heavy (non-hydrogen) atoms. The quantitative estimate of drug-likeness (QED) is 0.587. The predicted molar refractivity (Wildman–Crippen MR) is 144 cm³/mol. The third-order valence-corrected chi connectivity index (χ3v) is 7.17. The van der Waals surface area contributed by atoms with Crippen LogP contribution in [0, 0.1) is 0 Å². The maximum Gasteiger partial charge on any atom is 0.143 e. The van der Waals surface area contributed by atoms with E-state index in [1.165, 1.54) is 23.3 Å². The monoisotopic (exact) mass is 491 g/mol. The van der Waals surface area contributed by atoms with Crippen LogP contribution < -0.4 is 20.1 Å². The summed E-state index contributed by atoms with van der Waals surface area (Å²) in [6, 6.07) is 12.4. The highest BCUT2D eigenvalue weighted by Gasteiger charge is 2.30. The Kier molecular flexibility index (Phi) is 7.46. The molecule has 8 heteroatoms. The highest BCUT2D eigenvalue weighted by atomic mass is 16.5. The van der Waals surface area contributed by atoms with E-state index in [1.807, 2.05) is 18.2 Å². The number of benzene rings is 2. The van der Waals surface area contributed by atoms with Crippen molar-refractivity contribution in [3.05, 3.63) is 53.7 Å². The molecule has 3 heterocycles. The standard InChI is InChI=1S/C28H37N5O3/c1-31-18-21(19-33(31)28-6-4-5-13-36-28)26-10-8-20-7-9-22(16-27(20)30-26)32(12-11-29)23-14-24(34-2)17-25(15-23)35-3/h7,9,14-17,19,28H,4-6,8,10-13,18,29H2,1-3H3. The molecular formula is C28H37N5O3. The molecule has 5 rings (SSSR count). The van der Waals surface area contributed by atoms with E-state index >= 15 is 0 Å². The Hall–Kier alpha value is -3.07. The van der Waals surface area contributed by atoms with E-state index in [-0.39, 0.29) is 6.23 Å². The molecule has 0 aliphatic carbocycles. The molecule has 1 saturated heterocycles. The number of rotatable bonds is 8. The molecular weight excluding hydrogens is 454 g/mol. The van der Waals surface area contributed by atoms with Gasteiger partial charge in [0, 0.05) is 80.3 Å². The Morgan fingerprint density at radius 1 is 1.06 bits per heavy atom. The highest BCUT2D eigenvalue weighted by Crippen LogP contribution is 2.37. The van der Waals surface area contributed by atoms with Crippen LogP contribution in [0.25, 0.3) is 0 Å². The Labute approximate surface area is 213 Å². The molecule has 2 aromatic rings. The van der Waals surface area contributed by atoms with Gasteiger partial charge in [-0.05, 0) is 49.8 Å². The number of nitrogens with two attached hydrogens (primary N) is 1. The zero-order valence-corrected chi connectivity index (χ0v) is 21.6. The van der Waals surface area contributed by atoms with Crippen molar-refractivity contribution >= 4 is 22.8 Å². The molecule has 0 amide bonds. The molecule has 1 atom stereocenters. The molecule has 192 valence electrons. The van der Waals surface area contributed by atoms with Crippen molar-refractivity contribution in [2.45, 2.75) is 38.3 Å². The van der Waals surface area contributed by atoms with E-state index in [0.29, 0.717) is 13.1 Å². The summed E-state index contributed by atoms with van der Waals surface area (Å²) < 4.78 is 17.0. The molecule has 3 aliphatic heterocycles. The second-order valence-electron chi connectivity index (χ2n) is 9.55. The van der Waals surface area contributed by atoms with Gasteiger partial charge in [-0.1, -0.05) is 6.07 Å². The summed E-state index contributed by atoms with van der Waals surface area (Å²) >= 11 is 0. The molecule has 1 fully saturated rings. The first-order valence-electron chi connectivity index (χ1n) is 12.8. The fraction of sp³-hybridized carbons (Fsp3) is 0.464. The maximum absolute atomic E-state index is 6.03. The van der Waals surface area contributed by atoms with Gasteiger partial charge in [0.1, 0.15) is 17.7 Å². The number of nitrogens with zero attached hydrogens (tertiary/aromatic N) is 4. The second kappa shape index (κ2) is 10.9.